The topological polar surface area (TPSA) is 73.6 Å². The van der Waals surface area contributed by atoms with Crippen LogP contribution in [0, 0.1) is 17.2 Å². The third-order valence-electron chi connectivity index (χ3n) is 6.15. The van der Waals surface area contributed by atoms with E-state index in [0.717, 1.165) is 41.7 Å². The van der Waals surface area contributed by atoms with Gasteiger partial charge in [-0.2, -0.15) is 5.26 Å². The van der Waals surface area contributed by atoms with Gasteiger partial charge in [0, 0.05) is 17.4 Å². The molecule has 2 fully saturated rings. The first kappa shape index (κ1) is 18.5. The number of hydrogen-bond donors (Lipinski definition) is 1. The maximum atomic E-state index is 12.7. The van der Waals surface area contributed by atoms with Crippen molar-refractivity contribution in [2.24, 2.45) is 5.92 Å². The van der Waals surface area contributed by atoms with Crippen LogP contribution in [0.1, 0.15) is 30.7 Å². The fourth-order valence-electron chi connectivity index (χ4n) is 4.34. The molecule has 1 aliphatic heterocycles. The molecular formula is C23H24N2O3. The quantitative estimate of drug-likeness (QED) is 0.869. The summed E-state index contributed by atoms with van der Waals surface area (Å²) in [6.07, 6.45) is 2.85. The number of likely N-dealkylation sites (tertiary alicyclic amines) is 1. The number of nitrogens with zero attached hydrogens (tertiary/aromatic N) is 2. The van der Waals surface area contributed by atoms with Gasteiger partial charge in [-0.1, -0.05) is 48.9 Å². The molecule has 1 amide bonds. The molecule has 144 valence electrons. The molecule has 0 spiro atoms. The van der Waals surface area contributed by atoms with E-state index in [1.54, 1.807) is 12.0 Å². The predicted molar refractivity (Wildman–Crippen MR) is 106 cm³/mol. The van der Waals surface area contributed by atoms with Gasteiger partial charge in [-0.05, 0) is 30.0 Å². The average Bonchev–Trinajstić information content (AvgIpc) is 2.67. The van der Waals surface area contributed by atoms with E-state index in [-0.39, 0.29) is 30.4 Å². The van der Waals surface area contributed by atoms with Crippen molar-refractivity contribution in [3.63, 3.8) is 0 Å². The highest BCUT2D eigenvalue weighted by atomic mass is 16.5. The second-order valence-electron chi connectivity index (χ2n) is 7.55. The van der Waals surface area contributed by atoms with Gasteiger partial charge >= 0.3 is 0 Å². The lowest BCUT2D eigenvalue weighted by molar-refractivity contribution is -0.154. The number of hydrogen-bond acceptors (Lipinski definition) is 4. The Morgan fingerprint density at radius 1 is 1.21 bits per heavy atom. The lowest BCUT2D eigenvalue weighted by Gasteiger charge is -2.53. The van der Waals surface area contributed by atoms with E-state index < -0.39 is 6.04 Å². The third kappa shape index (κ3) is 2.94. The molecule has 2 aromatic carbocycles. The van der Waals surface area contributed by atoms with Crippen LogP contribution in [0.3, 0.4) is 0 Å². The summed E-state index contributed by atoms with van der Waals surface area (Å²) < 4.78 is 5.44. The molecule has 0 bridgehead atoms. The van der Waals surface area contributed by atoms with Gasteiger partial charge in [-0.15, -0.1) is 0 Å². The fourth-order valence-corrected chi connectivity index (χ4v) is 4.34. The highest BCUT2D eigenvalue weighted by Crippen LogP contribution is 2.44. The number of aliphatic hydroxyl groups is 1. The molecule has 2 aromatic rings. The third-order valence-corrected chi connectivity index (χ3v) is 6.15. The zero-order chi connectivity index (χ0) is 19.7. The van der Waals surface area contributed by atoms with Crippen molar-refractivity contribution in [3.05, 3.63) is 54.1 Å². The summed E-state index contributed by atoms with van der Waals surface area (Å²) in [5, 5.41) is 19.6. The maximum absolute atomic E-state index is 12.7. The van der Waals surface area contributed by atoms with E-state index in [9.17, 15) is 15.2 Å². The molecule has 0 radical (unpaired) electrons. The van der Waals surface area contributed by atoms with E-state index in [2.05, 4.69) is 6.07 Å². The molecule has 28 heavy (non-hydrogen) atoms. The maximum Gasteiger partial charge on any atom is 0.227 e. The number of ether oxygens (including phenoxy) is 1. The van der Waals surface area contributed by atoms with Crippen LogP contribution in [-0.2, 0) is 4.79 Å². The van der Waals surface area contributed by atoms with Gasteiger partial charge < -0.3 is 14.7 Å². The average molecular weight is 376 g/mol. The highest BCUT2D eigenvalue weighted by Gasteiger charge is 2.53. The van der Waals surface area contributed by atoms with Crippen LogP contribution in [0.25, 0.3) is 11.1 Å². The lowest BCUT2D eigenvalue weighted by Crippen LogP contribution is -2.66. The smallest absolute Gasteiger partial charge is 0.227 e. The van der Waals surface area contributed by atoms with Gasteiger partial charge in [0.2, 0.25) is 5.91 Å². The number of rotatable bonds is 5. The molecule has 1 heterocycles. The van der Waals surface area contributed by atoms with Crippen molar-refractivity contribution in [2.45, 2.75) is 37.3 Å². The minimum Gasteiger partial charge on any atom is -0.496 e. The summed E-state index contributed by atoms with van der Waals surface area (Å²) in [7, 11) is 1.65. The minimum atomic E-state index is -0.512. The Morgan fingerprint density at radius 2 is 1.93 bits per heavy atom. The number of benzene rings is 2. The second-order valence-corrected chi connectivity index (χ2v) is 7.55. The molecule has 5 heteroatoms. The normalized spacial score (nSPS) is 24.0. The number of aliphatic hydroxyl groups excluding tert-OH is 1. The largest absolute Gasteiger partial charge is 0.496 e. The van der Waals surface area contributed by atoms with E-state index in [1.807, 2.05) is 48.5 Å². The summed E-state index contributed by atoms with van der Waals surface area (Å²) >= 11 is 0. The van der Waals surface area contributed by atoms with Gasteiger partial charge in [-0.25, -0.2) is 0 Å². The summed E-state index contributed by atoms with van der Waals surface area (Å²) in [6, 6.07) is 17.3. The van der Waals surface area contributed by atoms with Gasteiger partial charge in [0.1, 0.15) is 11.8 Å². The van der Waals surface area contributed by atoms with Crippen molar-refractivity contribution in [1.29, 1.82) is 5.26 Å². The highest BCUT2D eigenvalue weighted by molar-refractivity contribution is 5.82. The lowest BCUT2D eigenvalue weighted by atomic mass is 9.73. The SMILES string of the molecule is COc1ccccc1-c1ccc([C@@H]2[C@@H](C#N)N(C(=O)C3CCC3)[C@H]2CO)cc1. The number of methoxy groups -OCH3 is 1. The first-order valence-corrected chi connectivity index (χ1v) is 9.75. The predicted octanol–water partition coefficient (Wildman–Crippen LogP) is 3.34. The zero-order valence-corrected chi connectivity index (χ0v) is 15.9. The van der Waals surface area contributed by atoms with Crippen LogP contribution >= 0.6 is 0 Å². The van der Waals surface area contributed by atoms with Crippen LogP contribution in [-0.4, -0.2) is 41.7 Å². The van der Waals surface area contributed by atoms with Crippen molar-refractivity contribution in [1.82, 2.24) is 4.90 Å². The molecule has 0 aromatic heterocycles. The van der Waals surface area contributed by atoms with Crippen molar-refractivity contribution in [3.8, 4) is 22.9 Å². The number of carbonyl (C=O) groups is 1. The van der Waals surface area contributed by atoms with Crippen LogP contribution in [0.5, 0.6) is 5.75 Å². The standard InChI is InChI=1S/C23H24N2O3/c1-28-21-8-3-2-7-18(21)15-9-11-16(12-10-15)22-19(13-24)25(20(22)14-26)23(27)17-5-4-6-17/h2-3,7-12,17,19-20,22,26H,4-6,14H2,1H3/t19-,20+,22-/m1/s1. The van der Waals surface area contributed by atoms with Crippen molar-refractivity contribution in [2.75, 3.05) is 13.7 Å². The van der Waals surface area contributed by atoms with Gasteiger partial charge in [-0.3, -0.25) is 4.79 Å². The summed E-state index contributed by atoms with van der Waals surface area (Å²) in [4.78, 5) is 14.3. The van der Waals surface area contributed by atoms with Crippen LogP contribution in [0.4, 0.5) is 0 Å². The summed E-state index contributed by atoms with van der Waals surface area (Å²) in [5.74, 6) is 0.697. The molecule has 0 unspecified atom stereocenters. The molecular weight excluding hydrogens is 352 g/mol. The van der Waals surface area contributed by atoms with Gasteiger partial charge in [0.05, 0.1) is 25.8 Å². The summed E-state index contributed by atoms with van der Waals surface area (Å²) in [5.41, 5.74) is 3.00. The van der Waals surface area contributed by atoms with Crippen LogP contribution in [0.15, 0.2) is 48.5 Å². The van der Waals surface area contributed by atoms with Crippen molar-refractivity contribution < 1.29 is 14.6 Å². The molecule has 5 nitrogen and oxygen atoms in total. The number of para-hydroxylation sites is 1. The number of nitriles is 1. The van der Waals surface area contributed by atoms with E-state index >= 15 is 0 Å². The minimum absolute atomic E-state index is 0.0266. The first-order chi connectivity index (χ1) is 13.7. The number of amides is 1. The van der Waals surface area contributed by atoms with E-state index in [4.69, 9.17) is 4.74 Å². The monoisotopic (exact) mass is 376 g/mol. The Labute approximate surface area is 165 Å². The summed E-state index contributed by atoms with van der Waals surface area (Å²) in [6.45, 7) is -0.129. The van der Waals surface area contributed by atoms with Gasteiger partial charge in [0.25, 0.3) is 0 Å². The van der Waals surface area contributed by atoms with Crippen LogP contribution < -0.4 is 4.74 Å². The molecule has 3 atom stereocenters. The Balaban J connectivity index is 1.58. The molecule has 1 saturated heterocycles. The Hall–Kier alpha value is -2.84. The molecule has 4 rings (SSSR count). The van der Waals surface area contributed by atoms with E-state index in [0.29, 0.717) is 0 Å². The second kappa shape index (κ2) is 7.65. The molecule has 1 N–H and O–H groups in total. The molecule has 1 saturated carbocycles. The van der Waals surface area contributed by atoms with E-state index in [1.165, 1.54) is 0 Å². The fraction of sp³-hybridized carbons (Fsp3) is 0.391. The Morgan fingerprint density at radius 3 is 2.50 bits per heavy atom. The molecule has 1 aliphatic carbocycles. The van der Waals surface area contributed by atoms with Crippen LogP contribution in [0.2, 0.25) is 0 Å². The van der Waals surface area contributed by atoms with Gasteiger partial charge in [0.15, 0.2) is 0 Å². The van der Waals surface area contributed by atoms with Crippen molar-refractivity contribution >= 4 is 5.91 Å². The Bertz CT molecular complexity index is 899. The first-order valence-electron chi connectivity index (χ1n) is 9.75. The Kier molecular flexibility index (Phi) is 5.06. The zero-order valence-electron chi connectivity index (χ0n) is 15.9. The number of carbonyl (C=O) groups excluding carboxylic acids is 1. The molecule has 2 aliphatic rings.